The van der Waals surface area contributed by atoms with Crippen LogP contribution in [0.1, 0.15) is 32.2 Å². The number of nitrogens with zero attached hydrogens (tertiary/aromatic N) is 3. The third-order valence-electron chi connectivity index (χ3n) is 3.84. The van der Waals surface area contributed by atoms with Crippen LogP contribution in [-0.2, 0) is 5.41 Å². The van der Waals surface area contributed by atoms with E-state index in [0.29, 0.717) is 26.8 Å². The molecule has 2 aromatic carbocycles. The highest BCUT2D eigenvalue weighted by atomic mass is 79.9. The fourth-order valence-corrected chi connectivity index (χ4v) is 3.71. The summed E-state index contributed by atoms with van der Waals surface area (Å²) in [5.74, 6) is 0.501. The third kappa shape index (κ3) is 4.10. The van der Waals surface area contributed by atoms with Gasteiger partial charge in [-0.25, -0.2) is 4.98 Å². The summed E-state index contributed by atoms with van der Waals surface area (Å²) in [6.07, 6.45) is 1.51. The topological polar surface area (TPSA) is 67.5 Å². The van der Waals surface area contributed by atoms with Gasteiger partial charge in [-0.15, -0.1) is 0 Å². The summed E-state index contributed by atoms with van der Waals surface area (Å²) in [5.41, 5.74) is 0.595. The molecule has 8 heteroatoms. The minimum Gasteiger partial charge on any atom is -0.505 e. The van der Waals surface area contributed by atoms with Crippen molar-refractivity contribution in [3.63, 3.8) is 0 Å². The molecule has 0 aliphatic rings. The second-order valence-corrected chi connectivity index (χ2v) is 9.22. The molecular formula is C19H16Br2ClN3O2. The SMILES string of the molecule is CC(C)(C)c1nc2ccc(Br)cc2c(=O)n1N=Cc1cc(Cl)c(O)c(Br)c1. The lowest BCUT2D eigenvalue weighted by molar-refractivity contribution is 0.472. The molecule has 0 unspecified atom stereocenters. The van der Waals surface area contributed by atoms with Crippen molar-refractivity contribution in [3.05, 3.63) is 66.0 Å². The molecule has 1 aromatic heterocycles. The van der Waals surface area contributed by atoms with E-state index in [1.54, 1.807) is 24.3 Å². The normalized spacial score (nSPS) is 12.2. The van der Waals surface area contributed by atoms with Gasteiger partial charge in [-0.3, -0.25) is 4.79 Å². The van der Waals surface area contributed by atoms with Crippen LogP contribution in [0.15, 0.2) is 49.2 Å². The van der Waals surface area contributed by atoms with Gasteiger partial charge >= 0.3 is 0 Å². The molecule has 0 saturated heterocycles. The Morgan fingerprint density at radius 2 is 1.93 bits per heavy atom. The quantitative estimate of drug-likeness (QED) is 0.463. The molecule has 0 atom stereocenters. The second kappa shape index (κ2) is 7.37. The molecule has 0 radical (unpaired) electrons. The summed E-state index contributed by atoms with van der Waals surface area (Å²) >= 11 is 12.6. The fourth-order valence-electron chi connectivity index (χ4n) is 2.53. The smallest absolute Gasteiger partial charge is 0.282 e. The molecule has 3 rings (SSSR count). The van der Waals surface area contributed by atoms with Crippen LogP contribution in [-0.4, -0.2) is 21.0 Å². The molecule has 0 aliphatic carbocycles. The van der Waals surface area contributed by atoms with Crippen LogP contribution >= 0.6 is 43.5 Å². The van der Waals surface area contributed by atoms with Crippen molar-refractivity contribution in [2.75, 3.05) is 0 Å². The molecule has 0 fully saturated rings. The maximum atomic E-state index is 13.1. The van der Waals surface area contributed by atoms with E-state index in [-0.39, 0.29) is 16.3 Å². The minimum absolute atomic E-state index is 0.0430. The highest BCUT2D eigenvalue weighted by Crippen LogP contribution is 2.32. The van der Waals surface area contributed by atoms with Gasteiger partial charge in [0, 0.05) is 9.89 Å². The van der Waals surface area contributed by atoms with E-state index >= 15 is 0 Å². The molecule has 0 saturated carbocycles. The Hall–Kier alpha value is -1.70. The number of benzene rings is 2. The van der Waals surface area contributed by atoms with Gasteiger partial charge in [0.05, 0.1) is 26.6 Å². The largest absolute Gasteiger partial charge is 0.505 e. The number of hydrogen-bond acceptors (Lipinski definition) is 4. The summed E-state index contributed by atoms with van der Waals surface area (Å²) in [7, 11) is 0. The van der Waals surface area contributed by atoms with Gasteiger partial charge in [0.15, 0.2) is 0 Å². The summed E-state index contributed by atoms with van der Waals surface area (Å²) in [4.78, 5) is 17.7. The van der Waals surface area contributed by atoms with Gasteiger partial charge in [0.1, 0.15) is 11.6 Å². The van der Waals surface area contributed by atoms with Crippen LogP contribution < -0.4 is 5.56 Å². The average molecular weight is 514 g/mol. The van der Waals surface area contributed by atoms with Crippen LogP contribution in [0.3, 0.4) is 0 Å². The number of halogens is 3. The first-order valence-corrected chi connectivity index (χ1v) is 9.99. The van der Waals surface area contributed by atoms with E-state index in [1.807, 2.05) is 26.8 Å². The van der Waals surface area contributed by atoms with Gasteiger partial charge in [0.25, 0.3) is 5.56 Å². The first-order chi connectivity index (χ1) is 12.6. The number of hydrogen-bond donors (Lipinski definition) is 1. The van der Waals surface area contributed by atoms with Gasteiger partial charge in [-0.2, -0.15) is 9.78 Å². The van der Waals surface area contributed by atoms with Crippen LogP contribution in [0.2, 0.25) is 5.02 Å². The standard InChI is InChI=1S/C19H16Br2ClN3O2/c1-19(2,3)18-24-15-5-4-11(20)8-12(15)17(27)25(18)23-9-10-6-13(21)16(26)14(22)7-10/h4-9,26H,1-3H3. The molecular weight excluding hydrogens is 497 g/mol. The number of phenols is 1. The molecule has 0 aliphatic heterocycles. The Kier molecular flexibility index (Phi) is 5.47. The second-order valence-electron chi connectivity index (χ2n) is 7.04. The molecule has 0 bridgehead atoms. The maximum Gasteiger partial charge on any atom is 0.282 e. The highest BCUT2D eigenvalue weighted by Gasteiger charge is 2.22. The lowest BCUT2D eigenvalue weighted by Gasteiger charge is -2.20. The Bertz CT molecular complexity index is 1110. The molecule has 5 nitrogen and oxygen atoms in total. The monoisotopic (exact) mass is 511 g/mol. The van der Waals surface area contributed by atoms with E-state index < -0.39 is 5.41 Å². The number of aromatic nitrogens is 2. The Morgan fingerprint density at radius 3 is 2.56 bits per heavy atom. The lowest BCUT2D eigenvalue weighted by atomic mass is 9.95. The Morgan fingerprint density at radius 1 is 1.22 bits per heavy atom. The van der Waals surface area contributed by atoms with E-state index in [4.69, 9.17) is 11.6 Å². The highest BCUT2D eigenvalue weighted by molar-refractivity contribution is 9.10. The zero-order chi connectivity index (χ0) is 19.9. The zero-order valence-electron chi connectivity index (χ0n) is 14.8. The minimum atomic E-state index is -0.398. The van der Waals surface area contributed by atoms with Gasteiger partial charge in [-0.1, -0.05) is 48.3 Å². The first kappa shape index (κ1) is 20.0. The van der Waals surface area contributed by atoms with E-state index in [2.05, 4.69) is 41.9 Å². The van der Waals surface area contributed by atoms with E-state index in [0.717, 1.165) is 4.47 Å². The lowest BCUT2D eigenvalue weighted by Crippen LogP contribution is -2.29. The Labute approximate surface area is 178 Å². The van der Waals surface area contributed by atoms with Gasteiger partial charge in [-0.05, 0) is 51.8 Å². The van der Waals surface area contributed by atoms with E-state index in [1.165, 1.54) is 10.9 Å². The molecule has 0 amide bonds. The first-order valence-electron chi connectivity index (χ1n) is 8.03. The predicted molar refractivity (Wildman–Crippen MR) is 116 cm³/mol. The van der Waals surface area contributed by atoms with Crippen molar-refractivity contribution in [3.8, 4) is 5.75 Å². The van der Waals surface area contributed by atoms with Crippen molar-refractivity contribution < 1.29 is 5.11 Å². The Balaban J connectivity index is 2.23. The van der Waals surface area contributed by atoms with Crippen LogP contribution in [0.25, 0.3) is 10.9 Å². The van der Waals surface area contributed by atoms with Crippen molar-refractivity contribution in [1.82, 2.24) is 9.66 Å². The number of phenolic OH excluding ortho intramolecular Hbond substituents is 1. The van der Waals surface area contributed by atoms with Crippen molar-refractivity contribution in [2.24, 2.45) is 5.10 Å². The van der Waals surface area contributed by atoms with Gasteiger partial charge in [0.2, 0.25) is 0 Å². The zero-order valence-corrected chi connectivity index (χ0v) is 18.7. The summed E-state index contributed by atoms with van der Waals surface area (Å²) in [6, 6.07) is 8.62. The van der Waals surface area contributed by atoms with Crippen LogP contribution in [0, 0.1) is 0 Å². The number of aromatic hydroxyl groups is 1. The molecule has 140 valence electrons. The summed E-state index contributed by atoms with van der Waals surface area (Å²) < 4.78 is 2.55. The fraction of sp³-hybridized carbons (Fsp3) is 0.211. The average Bonchev–Trinajstić information content (AvgIpc) is 2.58. The van der Waals surface area contributed by atoms with Crippen LogP contribution in [0.4, 0.5) is 0 Å². The van der Waals surface area contributed by atoms with Crippen molar-refractivity contribution in [2.45, 2.75) is 26.2 Å². The van der Waals surface area contributed by atoms with E-state index in [9.17, 15) is 9.90 Å². The molecule has 0 spiro atoms. The maximum absolute atomic E-state index is 13.1. The third-order valence-corrected chi connectivity index (χ3v) is 5.23. The summed E-state index contributed by atoms with van der Waals surface area (Å²) in [6.45, 7) is 5.92. The molecule has 1 N–H and O–H groups in total. The number of fused-ring (bicyclic) bond motifs is 1. The van der Waals surface area contributed by atoms with Crippen molar-refractivity contribution >= 4 is 60.6 Å². The molecule has 27 heavy (non-hydrogen) atoms. The van der Waals surface area contributed by atoms with Crippen LogP contribution in [0.5, 0.6) is 5.75 Å². The van der Waals surface area contributed by atoms with Crippen molar-refractivity contribution in [1.29, 1.82) is 0 Å². The number of rotatable bonds is 2. The summed E-state index contributed by atoms with van der Waals surface area (Å²) in [5, 5.41) is 14.8. The predicted octanol–water partition coefficient (Wildman–Crippen LogP) is 5.46. The van der Waals surface area contributed by atoms with Gasteiger partial charge < -0.3 is 5.11 Å². The molecule has 1 heterocycles. The molecule has 3 aromatic rings.